The number of carbonyl (C=O) groups is 1. The maximum absolute atomic E-state index is 12.2. The molecule has 7 nitrogen and oxygen atoms in total. The number of amides is 1. The molecule has 0 radical (unpaired) electrons. The topological polar surface area (TPSA) is 92.7 Å². The van der Waals surface area contributed by atoms with Crippen molar-refractivity contribution in [1.82, 2.24) is 24.8 Å². The molecule has 0 bridgehead atoms. The van der Waals surface area contributed by atoms with Crippen LogP contribution < -0.4 is 10.9 Å². The maximum Gasteiger partial charge on any atom is 0.254 e. The van der Waals surface area contributed by atoms with Gasteiger partial charge in [0.1, 0.15) is 5.82 Å². The summed E-state index contributed by atoms with van der Waals surface area (Å²) < 4.78 is 1.97. The lowest BCUT2D eigenvalue weighted by molar-refractivity contribution is -0.121. The number of hydrogen-bond donors (Lipinski definition) is 2. The van der Waals surface area contributed by atoms with Crippen molar-refractivity contribution in [2.45, 2.75) is 31.5 Å². The fourth-order valence-corrected chi connectivity index (χ4v) is 3.26. The van der Waals surface area contributed by atoms with Gasteiger partial charge in [-0.3, -0.25) is 9.59 Å². The van der Waals surface area contributed by atoms with Crippen molar-refractivity contribution in [3.05, 3.63) is 51.7 Å². The highest BCUT2D eigenvalue weighted by molar-refractivity contribution is 7.98. The summed E-state index contributed by atoms with van der Waals surface area (Å²) in [6.07, 6.45) is 2.44. The van der Waals surface area contributed by atoms with Crippen LogP contribution in [0.1, 0.15) is 23.5 Å². The summed E-state index contributed by atoms with van der Waals surface area (Å²) in [6.45, 7) is 2.14. The van der Waals surface area contributed by atoms with Crippen molar-refractivity contribution in [3.8, 4) is 0 Å². The molecule has 0 saturated carbocycles. The Bertz CT molecular complexity index is 1010. The lowest BCUT2D eigenvalue weighted by Gasteiger charge is -2.07. The Labute approximate surface area is 155 Å². The van der Waals surface area contributed by atoms with Gasteiger partial charge in [-0.05, 0) is 31.7 Å². The Balaban J connectivity index is 1.61. The van der Waals surface area contributed by atoms with Crippen LogP contribution in [-0.4, -0.2) is 31.7 Å². The van der Waals surface area contributed by atoms with Gasteiger partial charge in [0.2, 0.25) is 5.91 Å². The number of aryl methyl sites for hydroxylation is 2. The van der Waals surface area contributed by atoms with Crippen LogP contribution >= 0.6 is 11.8 Å². The summed E-state index contributed by atoms with van der Waals surface area (Å²) in [5.41, 5.74) is 2.98. The molecule has 2 heterocycles. The van der Waals surface area contributed by atoms with E-state index in [2.05, 4.69) is 20.3 Å². The molecule has 0 aliphatic carbocycles. The lowest BCUT2D eigenvalue weighted by atomic mass is 10.1. The van der Waals surface area contributed by atoms with E-state index in [1.54, 1.807) is 6.92 Å². The normalized spacial score (nSPS) is 11.0. The molecule has 3 rings (SSSR count). The van der Waals surface area contributed by atoms with E-state index in [0.29, 0.717) is 29.4 Å². The highest BCUT2D eigenvalue weighted by Crippen LogP contribution is 2.14. The molecule has 8 heteroatoms. The second-order valence-corrected chi connectivity index (χ2v) is 6.79. The Morgan fingerprint density at radius 3 is 2.77 bits per heavy atom. The third kappa shape index (κ3) is 3.80. The second-order valence-electron chi connectivity index (χ2n) is 5.99. The summed E-state index contributed by atoms with van der Waals surface area (Å²) in [6, 6.07) is 7.84. The SMILES string of the molecule is CSc1nc(C)c(CCC(=O)NCc2nc3ccccc3n2C)c(=O)[nH]1. The van der Waals surface area contributed by atoms with Crippen molar-refractivity contribution >= 4 is 28.7 Å². The van der Waals surface area contributed by atoms with Crippen LogP contribution in [0.2, 0.25) is 0 Å². The third-order valence-corrected chi connectivity index (χ3v) is 4.90. The van der Waals surface area contributed by atoms with Crippen LogP contribution in [0.25, 0.3) is 11.0 Å². The average Bonchev–Trinajstić information content (AvgIpc) is 2.95. The first-order valence-corrected chi connectivity index (χ1v) is 9.53. The number of nitrogens with one attached hydrogen (secondary N) is 2. The van der Waals surface area contributed by atoms with Crippen molar-refractivity contribution < 1.29 is 4.79 Å². The standard InChI is InChI=1S/C18H21N5O2S/c1-11-12(17(25)22-18(20-11)26-3)8-9-16(24)19-10-15-21-13-6-4-5-7-14(13)23(15)2/h4-7H,8-10H2,1-3H3,(H,19,24)(H,20,22,25). The summed E-state index contributed by atoms with van der Waals surface area (Å²) in [5.74, 6) is 0.671. The molecule has 136 valence electrons. The van der Waals surface area contributed by atoms with Crippen molar-refractivity contribution in [3.63, 3.8) is 0 Å². The summed E-state index contributed by atoms with van der Waals surface area (Å²) in [4.78, 5) is 35.9. The van der Waals surface area contributed by atoms with Crippen molar-refractivity contribution in [2.24, 2.45) is 7.05 Å². The second kappa shape index (κ2) is 7.74. The summed E-state index contributed by atoms with van der Waals surface area (Å²) in [5, 5.41) is 3.46. The number of H-pyrrole nitrogens is 1. The molecule has 2 N–H and O–H groups in total. The molecular formula is C18H21N5O2S. The smallest absolute Gasteiger partial charge is 0.254 e. The van der Waals surface area contributed by atoms with Gasteiger partial charge in [-0.15, -0.1) is 0 Å². The van der Waals surface area contributed by atoms with E-state index in [0.717, 1.165) is 16.9 Å². The first-order chi connectivity index (χ1) is 12.5. The maximum atomic E-state index is 12.2. The lowest BCUT2D eigenvalue weighted by Crippen LogP contribution is -2.26. The van der Waals surface area contributed by atoms with Gasteiger partial charge >= 0.3 is 0 Å². The Kier molecular flexibility index (Phi) is 5.41. The number of thioether (sulfide) groups is 1. The number of para-hydroxylation sites is 2. The molecule has 26 heavy (non-hydrogen) atoms. The van der Waals surface area contributed by atoms with Gasteiger partial charge in [-0.2, -0.15) is 0 Å². The number of hydrogen-bond acceptors (Lipinski definition) is 5. The summed E-state index contributed by atoms with van der Waals surface area (Å²) in [7, 11) is 1.93. The number of rotatable bonds is 6. The van der Waals surface area contributed by atoms with Crippen LogP contribution in [0.15, 0.2) is 34.2 Å². The first kappa shape index (κ1) is 18.2. The molecule has 0 aliphatic rings. The Hall–Kier alpha value is -2.61. The fourth-order valence-electron chi connectivity index (χ4n) is 2.83. The monoisotopic (exact) mass is 371 g/mol. The minimum Gasteiger partial charge on any atom is -0.349 e. The molecule has 0 unspecified atom stereocenters. The molecule has 0 atom stereocenters. The van der Waals surface area contributed by atoms with Gasteiger partial charge in [0.05, 0.1) is 17.6 Å². The molecule has 1 aromatic carbocycles. The number of nitrogens with zero attached hydrogens (tertiary/aromatic N) is 3. The summed E-state index contributed by atoms with van der Waals surface area (Å²) >= 11 is 1.38. The molecule has 3 aromatic rings. The van der Waals surface area contributed by atoms with Crippen molar-refractivity contribution in [1.29, 1.82) is 0 Å². The molecule has 0 saturated heterocycles. The van der Waals surface area contributed by atoms with Crippen LogP contribution in [0.3, 0.4) is 0 Å². The number of benzene rings is 1. The first-order valence-electron chi connectivity index (χ1n) is 8.30. The van der Waals surface area contributed by atoms with E-state index in [-0.39, 0.29) is 17.9 Å². The molecule has 0 spiro atoms. The Morgan fingerprint density at radius 2 is 2.08 bits per heavy atom. The van der Waals surface area contributed by atoms with E-state index in [9.17, 15) is 9.59 Å². The zero-order valence-corrected chi connectivity index (χ0v) is 15.8. The van der Waals surface area contributed by atoms with Crippen molar-refractivity contribution in [2.75, 3.05) is 6.26 Å². The Morgan fingerprint density at radius 1 is 1.31 bits per heavy atom. The van der Waals surface area contributed by atoms with E-state index in [1.165, 1.54) is 11.8 Å². The fraction of sp³-hybridized carbons (Fsp3) is 0.333. The van der Waals surface area contributed by atoms with Gasteiger partial charge < -0.3 is 14.9 Å². The number of carbonyl (C=O) groups excluding carboxylic acids is 1. The number of aromatic amines is 1. The molecule has 1 amide bonds. The molecule has 0 aliphatic heterocycles. The predicted molar refractivity (Wildman–Crippen MR) is 102 cm³/mol. The number of aromatic nitrogens is 4. The largest absolute Gasteiger partial charge is 0.349 e. The minimum absolute atomic E-state index is 0.121. The van der Waals surface area contributed by atoms with Gasteiger partial charge in [0.25, 0.3) is 5.56 Å². The van der Waals surface area contributed by atoms with Crippen LogP contribution in [0.4, 0.5) is 0 Å². The van der Waals surface area contributed by atoms with E-state index in [1.807, 2.05) is 42.1 Å². The molecule has 2 aromatic heterocycles. The van der Waals surface area contributed by atoms with Gasteiger partial charge in [-0.25, -0.2) is 9.97 Å². The third-order valence-electron chi connectivity index (χ3n) is 4.32. The van der Waals surface area contributed by atoms with E-state index >= 15 is 0 Å². The highest BCUT2D eigenvalue weighted by atomic mass is 32.2. The quantitative estimate of drug-likeness (QED) is 0.510. The molecular weight excluding hydrogens is 350 g/mol. The number of imidazole rings is 1. The van der Waals surface area contributed by atoms with E-state index in [4.69, 9.17) is 0 Å². The van der Waals surface area contributed by atoms with Gasteiger partial charge in [0, 0.05) is 24.7 Å². The van der Waals surface area contributed by atoms with E-state index < -0.39 is 0 Å². The minimum atomic E-state index is -0.176. The van der Waals surface area contributed by atoms with Crippen LogP contribution in [0.5, 0.6) is 0 Å². The highest BCUT2D eigenvalue weighted by Gasteiger charge is 2.12. The van der Waals surface area contributed by atoms with Gasteiger partial charge in [-0.1, -0.05) is 23.9 Å². The van der Waals surface area contributed by atoms with Crippen LogP contribution in [-0.2, 0) is 24.8 Å². The zero-order valence-electron chi connectivity index (χ0n) is 15.0. The predicted octanol–water partition coefficient (Wildman–Crippen LogP) is 1.94. The van der Waals surface area contributed by atoms with Gasteiger partial charge in [0.15, 0.2) is 5.16 Å². The van der Waals surface area contributed by atoms with Crippen LogP contribution in [0, 0.1) is 6.92 Å². The number of fused-ring (bicyclic) bond motifs is 1. The zero-order chi connectivity index (χ0) is 18.7. The molecule has 0 fully saturated rings. The average molecular weight is 371 g/mol.